The van der Waals surface area contributed by atoms with Gasteiger partial charge in [-0.05, 0) is 81.4 Å². The number of morpholine rings is 1. The molecule has 4 fully saturated rings. The second-order valence-electron chi connectivity index (χ2n) is 11.3. The molecule has 11 heteroatoms. The van der Waals surface area contributed by atoms with E-state index in [1.807, 2.05) is 21.6 Å². The molecule has 0 radical (unpaired) electrons. The Morgan fingerprint density at radius 1 is 1.08 bits per heavy atom. The first kappa shape index (κ1) is 26.0. The van der Waals surface area contributed by atoms with Crippen molar-refractivity contribution < 1.29 is 14.2 Å². The molecule has 0 aromatic carbocycles. The van der Waals surface area contributed by atoms with Gasteiger partial charge < -0.3 is 24.0 Å². The maximum Gasteiger partial charge on any atom is 0.177 e. The number of halogens is 1. The Balaban J connectivity index is 1.33. The first-order valence-electron chi connectivity index (χ1n) is 14.6. The van der Waals surface area contributed by atoms with Crippen molar-refractivity contribution in [1.29, 1.82) is 0 Å². The van der Waals surface area contributed by atoms with Crippen molar-refractivity contribution >= 4 is 45.1 Å². The Labute approximate surface area is 243 Å². The van der Waals surface area contributed by atoms with E-state index in [1.54, 1.807) is 0 Å². The Hall–Kier alpha value is -1.96. The van der Waals surface area contributed by atoms with Crippen LogP contribution in [0.2, 0.25) is 0 Å². The highest BCUT2D eigenvalue weighted by atomic mass is 127. The monoisotopic (exact) mass is 647 g/mol. The summed E-state index contributed by atoms with van der Waals surface area (Å²) in [7, 11) is 0. The van der Waals surface area contributed by atoms with E-state index < -0.39 is 0 Å². The van der Waals surface area contributed by atoms with Crippen molar-refractivity contribution in [2.24, 2.45) is 0 Å². The highest BCUT2D eigenvalue weighted by molar-refractivity contribution is 14.1. The summed E-state index contributed by atoms with van der Waals surface area (Å²) >= 11 is 2.37. The van der Waals surface area contributed by atoms with Crippen molar-refractivity contribution in [2.45, 2.75) is 89.3 Å². The second kappa shape index (κ2) is 10.8. The quantitative estimate of drug-likeness (QED) is 0.357. The molecule has 7 rings (SSSR count). The number of hydrogen-bond donors (Lipinski definition) is 0. The third kappa shape index (κ3) is 4.72. The molecule has 4 saturated heterocycles. The number of nitrogens with zero attached hydrogens (tertiary/aromatic N) is 7. The Morgan fingerprint density at radius 2 is 1.92 bits per heavy atom. The fourth-order valence-corrected chi connectivity index (χ4v) is 7.70. The lowest BCUT2D eigenvalue weighted by atomic mass is 9.99. The van der Waals surface area contributed by atoms with E-state index in [2.05, 4.69) is 52.3 Å². The minimum Gasteiger partial charge on any atom is -0.378 e. The topological polar surface area (TPSA) is 82.7 Å². The number of anilines is 2. The van der Waals surface area contributed by atoms with Gasteiger partial charge in [0.05, 0.1) is 42.5 Å². The Bertz CT molecular complexity index is 1310. The summed E-state index contributed by atoms with van der Waals surface area (Å²) in [4.78, 5) is 10.4. The van der Waals surface area contributed by atoms with Crippen LogP contribution >= 0.6 is 22.6 Å². The minimum absolute atomic E-state index is 0.0102. The summed E-state index contributed by atoms with van der Waals surface area (Å²) in [5, 5.41) is 11.0. The van der Waals surface area contributed by atoms with Crippen LogP contribution in [0.25, 0.3) is 16.9 Å². The third-order valence-electron chi connectivity index (χ3n) is 8.87. The van der Waals surface area contributed by atoms with Crippen LogP contribution in [0.4, 0.5) is 11.5 Å². The Kier molecular flexibility index (Phi) is 7.19. The van der Waals surface area contributed by atoms with E-state index in [0.29, 0.717) is 24.2 Å². The molecule has 3 aromatic heterocycles. The summed E-state index contributed by atoms with van der Waals surface area (Å²) in [5.41, 5.74) is 2.08. The maximum atomic E-state index is 6.02. The van der Waals surface area contributed by atoms with E-state index in [-0.39, 0.29) is 6.23 Å². The van der Waals surface area contributed by atoms with Gasteiger partial charge in [0.15, 0.2) is 11.5 Å². The zero-order valence-electron chi connectivity index (χ0n) is 22.8. The van der Waals surface area contributed by atoms with Crippen LogP contribution in [0.15, 0.2) is 18.3 Å². The van der Waals surface area contributed by atoms with Crippen LogP contribution in [0.5, 0.6) is 0 Å². The number of piperidine rings is 1. The number of pyridine rings is 1. The lowest BCUT2D eigenvalue weighted by Crippen LogP contribution is -2.47. The van der Waals surface area contributed by atoms with Crippen LogP contribution in [-0.4, -0.2) is 81.7 Å². The van der Waals surface area contributed by atoms with Gasteiger partial charge in [-0.15, -0.1) is 0 Å². The van der Waals surface area contributed by atoms with Crippen molar-refractivity contribution in [2.75, 3.05) is 42.8 Å². The molecule has 10 nitrogen and oxygen atoms in total. The van der Waals surface area contributed by atoms with Crippen molar-refractivity contribution in [3.63, 3.8) is 0 Å². The van der Waals surface area contributed by atoms with Gasteiger partial charge in [-0.1, -0.05) is 0 Å². The second-order valence-corrected chi connectivity index (χ2v) is 12.4. The number of rotatable bonds is 6. The molecule has 0 aliphatic carbocycles. The molecule has 0 spiro atoms. The van der Waals surface area contributed by atoms with E-state index in [9.17, 15) is 0 Å². The fraction of sp³-hybridized carbons (Fsp3) is 0.679. The van der Waals surface area contributed by atoms with Crippen LogP contribution in [0.1, 0.15) is 65.0 Å². The van der Waals surface area contributed by atoms with Gasteiger partial charge in [-0.2, -0.15) is 14.9 Å². The summed E-state index contributed by atoms with van der Waals surface area (Å²) in [5.74, 6) is 1.81. The molecule has 39 heavy (non-hydrogen) atoms. The first-order valence-corrected chi connectivity index (χ1v) is 15.7. The Morgan fingerprint density at radius 3 is 2.67 bits per heavy atom. The normalized spacial score (nSPS) is 29.5. The van der Waals surface area contributed by atoms with Crippen LogP contribution < -0.4 is 9.80 Å². The van der Waals surface area contributed by atoms with Gasteiger partial charge in [0.2, 0.25) is 0 Å². The third-order valence-corrected chi connectivity index (χ3v) is 9.62. The molecule has 0 saturated carbocycles. The zero-order valence-corrected chi connectivity index (χ0v) is 25.0. The molecule has 4 aliphatic heterocycles. The predicted octanol–water partition coefficient (Wildman–Crippen LogP) is 4.68. The maximum absolute atomic E-state index is 6.02. The molecule has 7 heterocycles. The minimum atomic E-state index is -0.0102. The zero-order chi connectivity index (χ0) is 26.5. The van der Waals surface area contributed by atoms with Gasteiger partial charge in [0.25, 0.3) is 0 Å². The van der Waals surface area contributed by atoms with E-state index >= 15 is 0 Å². The standard InChI is InChI=1S/C28H38IN7O3/c1-3-38-21-9-11-33(18(2)14-21)22-15-24(35-19-7-8-20(35)17-37-16-19)30-28-26(22)27(29)32-36(28)23-10-12-34(31-23)25-6-4-5-13-39-25/h10,12,15,18-21,25H,3-9,11,13-14,16-17H2,1-2H3/t18-,19?,20?,21?,25?/m1/s1. The van der Waals surface area contributed by atoms with Crippen molar-refractivity contribution in [3.05, 3.63) is 22.0 Å². The molecule has 2 bridgehead atoms. The van der Waals surface area contributed by atoms with Crippen LogP contribution in [0.3, 0.4) is 0 Å². The summed E-state index contributed by atoms with van der Waals surface area (Å²) < 4.78 is 22.8. The summed E-state index contributed by atoms with van der Waals surface area (Å²) in [6.45, 7) is 8.45. The van der Waals surface area contributed by atoms with Gasteiger partial charge in [-0.25, -0.2) is 9.67 Å². The number of aromatic nitrogens is 5. The van der Waals surface area contributed by atoms with Crippen LogP contribution in [-0.2, 0) is 14.2 Å². The van der Waals surface area contributed by atoms with E-state index in [0.717, 1.165) is 104 Å². The SMILES string of the molecule is CCOC1CCN(c2cc(N3C4CCC3COC4)nc3c2c(I)nn3-c2ccn(C3CCCCO3)n2)[C@H](C)C1. The largest absolute Gasteiger partial charge is 0.378 e. The lowest BCUT2D eigenvalue weighted by molar-refractivity contribution is -0.0395. The smallest absolute Gasteiger partial charge is 0.177 e. The molecule has 3 aromatic rings. The average Bonchev–Trinajstić information content (AvgIpc) is 3.63. The van der Waals surface area contributed by atoms with Gasteiger partial charge in [0, 0.05) is 44.1 Å². The summed E-state index contributed by atoms with van der Waals surface area (Å²) in [6, 6.07) is 5.46. The van der Waals surface area contributed by atoms with E-state index in [1.165, 1.54) is 5.69 Å². The molecule has 0 N–H and O–H groups in total. The van der Waals surface area contributed by atoms with Gasteiger partial charge in [-0.3, -0.25) is 0 Å². The molecule has 0 amide bonds. The summed E-state index contributed by atoms with van der Waals surface area (Å²) in [6.07, 6.45) is 9.94. The molecule has 210 valence electrons. The number of fused-ring (bicyclic) bond motifs is 3. The highest BCUT2D eigenvalue weighted by Crippen LogP contribution is 2.41. The molecular weight excluding hydrogens is 609 g/mol. The van der Waals surface area contributed by atoms with Crippen LogP contribution in [0, 0.1) is 3.70 Å². The molecule has 4 unspecified atom stereocenters. The van der Waals surface area contributed by atoms with E-state index in [4.69, 9.17) is 29.4 Å². The first-order chi connectivity index (χ1) is 19.1. The van der Waals surface area contributed by atoms with Gasteiger partial charge >= 0.3 is 0 Å². The average molecular weight is 648 g/mol. The van der Waals surface area contributed by atoms with Gasteiger partial charge in [0.1, 0.15) is 15.7 Å². The molecule has 5 atom stereocenters. The predicted molar refractivity (Wildman–Crippen MR) is 158 cm³/mol. The molecular formula is C28H38IN7O3. The number of ether oxygens (including phenoxy) is 3. The van der Waals surface area contributed by atoms with Crippen molar-refractivity contribution in [3.8, 4) is 5.82 Å². The van der Waals surface area contributed by atoms with Crippen molar-refractivity contribution in [1.82, 2.24) is 24.5 Å². The fourth-order valence-electron chi connectivity index (χ4n) is 6.97. The highest BCUT2D eigenvalue weighted by Gasteiger charge is 2.39. The number of hydrogen-bond acceptors (Lipinski definition) is 8. The lowest BCUT2D eigenvalue weighted by Gasteiger charge is -2.40. The molecule has 4 aliphatic rings.